The molecule has 1 aliphatic carbocycles. The average molecular weight is 345 g/mol. The number of aromatic nitrogens is 1. The van der Waals surface area contributed by atoms with Crippen molar-refractivity contribution >= 4 is 21.8 Å². The Bertz CT molecular complexity index is 716. The first-order valence-electron chi connectivity index (χ1n) is 7.36. The lowest BCUT2D eigenvalue weighted by atomic mass is 9.70. The minimum atomic E-state index is 0.0579. The third kappa shape index (κ3) is 1.75. The summed E-state index contributed by atoms with van der Waals surface area (Å²) in [5.74, 6) is 0.150. The van der Waals surface area contributed by atoms with Crippen molar-refractivity contribution in [3.8, 4) is 11.1 Å². The fourth-order valence-electron chi connectivity index (χ4n) is 3.69. The lowest BCUT2D eigenvalue weighted by Gasteiger charge is -2.51. The van der Waals surface area contributed by atoms with Gasteiger partial charge in [-0.2, -0.15) is 0 Å². The Labute approximate surface area is 132 Å². The number of carbonyl (C=O) groups is 1. The van der Waals surface area contributed by atoms with E-state index in [1.165, 1.54) is 6.42 Å². The molecule has 1 spiro atoms. The topological polar surface area (TPSA) is 36.1 Å². The molecule has 1 saturated carbocycles. The first-order chi connectivity index (χ1) is 10.1. The Morgan fingerprint density at radius 1 is 1.19 bits per heavy atom. The highest BCUT2D eigenvalue weighted by atomic mass is 79.9. The summed E-state index contributed by atoms with van der Waals surface area (Å²) in [6.45, 7) is 0. The van der Waals surface area contributed by atoms with Crippen LogP contribution in [-0.4, -0.2) is 28.4 Å². The van der Waals surface area contributed by atoms with Crippen molar-refractivity contribution in [2.75, 3.05) is 7.05 Å². The van der Waals surface area contributed by atoms with Gasteiger partial charge in [-0.15, -0.1) is 0 Å². The minimum absolute atomic E-state index is 0.0579. The molecule has 2 heterocycles. The molecule has 1 aliphatic heterocycles. The van der Waals surface area contributed by atoms with Gasteiger partial charge in [0.15, 0.2) is 0 Å². The van der Waals surface area contributed by atoms with Crippen LogP contribution < -0.4 is 0 Å². The van der Waals surface area contributed by atoms with Crippen LogP contribution in [-0.2, 0) is 6.42 Å². The number of aromatic amines is 1. The van der Waals surface area contributed by atoms with Gasteiger partial charge < -0.3 is 9.88 Å². The monoisotopic (exact) mass is 344 g/mol. The third-order valence-corrected chi connectivity index (χ3v) is 5.71. The molecule has 2 aliphatic rings. The van der Waals surface area contributed by atoms with E-state index in [9.17, 15) is 4.79 Å². The number of halogens is 1. The summed E-state index contributed by atoms with van der Waals surface area (Å²) in [4.78, 5) is 18.3. The SMILES string of the molecule is CN1C(=O)c2c([nH]c(Br)c2-c2ccccc2)CC12CCC2. The molecule has 1 fully saturated rings. The molecule has 108 valence electrons. The summed E-state index contributed by atoms with van der Waals surface area (Å²) in [6, 6.07) is 10.1. The van der Waals surface area contributed by atoms with Gasteiger partial charge in [0.1, 0.15) is 0 Å². The minimum Gasteiger partial charge on any atom is -0.352 e. The Morgan fingerprint density at radius 2 is 1.90 bits per heavy atom. The number of nitrogens with zero attached hydrogens (tertiary/aromatic N) is 1. The fourth-order valence-corrected chi connectivity index (χ4v) is 4.36. The summed E-state index contributed by atoms with van der Waals surface area (Å²) in [6.07, 6.45) is 4.40. The van der Waals surface area contributed by atoms with Crippen LogP contribution in [0.2, 0.25) is 0 Å². The highest BCUT2D eigenvalue weighted by Gasteiger charge is 2.48. The number of fused-ring (bicyclic) bond motifs is 1. The van der Waals surface area contributed by atoms with Crippen molar-refractivity contribution in [3.63, 3.8) is 0 Å². The van der Waals surface area contributed by atoms with E-state index in [1.54, 1.807) is 0 Å². The van der Waals surface area contributed by atoms with E-state index in [-0.39, 0.29) is 11.4 Å². The zero-order valence-electron chi connectivity index (χ0n) is 11.9. The van der Waals surface area contributed by atoms with Gasteiger partial charge in [0.25, 0.3) is 5.91 Å². The molecule has 0 bridgehead atoms. The first kappa shape index (κ1) is 13.1. The Morgan fingerprint density at radius 3 is 2.52 bits per heavy atom. The largest absolute Gasteiger partial charge is 0.352 e. The zero-order chi connectivity index (χ0) is 14.6. The van der Waals surface area contributed by atoms with Gasteiger partial charge in [-0.05, 0) is 40.8 Å². The molecule has 3 nitrogen and oxygen atoms in total. The first-order valence-corrected chi connectivity index (χ1v) is 8.16. The van der Waals surface area contributed by atoms with Crippen molar-refractivity contribution < 1.29 is 4.79 Å². The van der Waals surface area contributed by atoms with E-state index in [2.05, 4.69) is 33.0 Å². The molecule has 1 aromatic carbocycles. The molecule has 0 unspecified atom stereocenters. The molecule has 21 heavy (non-hydrogen) atoms. The number of hydrogen-bond donors (Lipinski definition) is 1. The van der Waals surface area contributed by atoms with Crippen molar-refractivity contribution in [1.29, 1.82) is 0 Å². The van der Waals surface area contributed by atoms with Crippen molar-refractivity contribution in [1.82, 2.24) is 9.88 Å². The lowest BCUT2D eigenvalue weighted by molar-refractivity contribution is 0.0223. The number of amides is 1. The Hall–Kier alpha value is -1.55. The molecule has 4 heteroatoms. The van der Waals surface area contributed by atoms with E-state index in [4.69, 9.17) is 0 Å². The van der Waals surface area contributed by atoms with Crippen LogP contribution >= 0.6 is 15.9 Å². The molecule has 0 radical (unpaired) electrons. The van der Waals surface area contributed by atoms with E-state index >= 15 is 0 Å². The van der Waals surface area contributed by atoms with Crippen molar-refractivity contribution in [2.24, 2.45) is 0 Å². The number of hydrogen-bond acceptors (Lipinski definition) is 1. The maximum absolute atomic E-state index is 12.9. The molecule has 2 aromatic rings. The second-order valence-corrected chi connectivity index (χ2v) is 6.95. The lowest BCUT2D eigenvalue weighted by Crippen LogP contribution is -2.58. The van der Waals surface area contributed by atoms with E-state index in [0.717, 1.165) is 46.2 Å². The molecule has 1 N–H and O–H groups in total. The van der Waals surface area contributed by atoms with Gasteiger partial charge in [-0.3, -0.25) is 4.79 Å². The highest BCUT2D eigenvalue weighted by Crippen LogP contribution is 2.47. The van der Waals surface area contributed by atoms with E-state index < -0.39 is 0 Å². The zero-order valence-corrected chi connectivity index (χ0v) is 13.5. The van der Waals surface area contributed by atoms with Gasteiger partial charge >= 0.3 is 0 Å². The quantitative estimate of drug-likeness (QED) is 0.833. The van der Waals surface area contributed by atoms with E-state index in [0.29, 0.717) is 0 Å². The van der Waals surface area contributed by atoms with Crippen molar-refractivity contribution in [2.45, 2.75) is 31.2 Å². The summed E-state index contributed by atoms with van der Waals surface area (Å²) < 4.78 is 0.914. The van der Waals surface area contributed by atoms with Crippen LogP contribution in [0.15, 0.2) is 34.9 Å². The predicted octanol–water partition coefficient (Wildman–Crippen LogP) is 4.00. The van der Waals surface area contributed by atoms with Crippen LogP contribution in [0.4, 0.5) is 0 Å². The Kier molecular flexibility index (Phi) is 2.80. The smallest absolute Gasteiger partial charge is 0.256 e. The van der Waals surface area contributed by atoms with Crippen LogP contribution in [0, 0.1) is 0 Å². The summed E-state index contributed by atoms with van der Waals surface area (Å²) >= 11 is 3.61. The Balaban J connectivity index is 1.89. The number of H-pyrrole nitrogens is 1. The van der Waals surface area contributed by atoms with Gasteiger partial charge in [-0.1, -0.05) is 30.3 Å². The maximum atomic E-state index is 12.9. The second-order valence-electron chi connectivity index (χ2n) is 6.15. The summed E-state index contributed by atoms with van der Waals surface area (Å²) in [5, 5.41) is 0. The van der Waals surface area contributed by atoms with E-state index in [1.807, 2.05) is 30.1 Å². The summed E-state index contributed by atoms with van der Waals surface area (Å²) in [7, 11) is 1.96. The average Bonchev–Trinajstić information content (AvgIpc) is 2.78. The molecular weight excluding hydrogens is 328 g/mol. The number of likely N-dealkylation sites (N-methyl/N-ethyl adjacent to an activating group) is 1. The van der Waals surface area contributed by atoms with Crippen LogP contribution in [0.25, 0.3) is 11.1 Å². The molecule has 0 atom stereocenters. The molecule has 1 amide bonds. The van der Waals surface area contributed by atoms with Crippen LogP contribution in [0.3, 0.4) is 0 Å². The second kappa shape index (κ2) is 4.47. The highest BCUT2D eigenvalue weighted by molar-refractivity contribution is 9.10. The van der Waals surface area contributed by atoms with Crippen LogP contribution in [0.5, 0.6) is 0 Å². The summed E-state index contributed by atoms with van der Waals surface area (Å²) in [5.41, 5.74) is 4.06. The normalized spacial score (nSPS) is 19.5. The molecular formula is C17H17BrN2O. The fraction of sp³-hybridized carbons (Fsp3) is 0.353. The van der Waals surface area contributed by atoms with Gasteiger partial charge in [0.05, 0.1) is 10.2 Å². The molecule has 1 aromatic heterocycles. The maximum Gasteiger partial charge on any atom is 0.256 e. The predicted molar refractivity (Wildman–Crippen MR) is 86.3 cm³/mol. The number of carbonyl (C=O) groups excluding carboxylic acids is 1. The number of benzene rings is 1. The van der Waals surface area contributed by atoms with Gasteiger partial charge in [0.2, 0.25) is 0 Å². The van der Waals surface area contributed by atoms with Gasteiger partial charge in [0, 0.05) is 30.3 Å². The molecule has 0 saturated heterocycles. The number of nitrogens with one attached hydrogen (secondary N) is 1. The van der Waals surface area contributed by atoms with Crippen LogP contribution in [0.1, 0.15) is 35.3 Å². The van der Waals surface area contributed by atoms with Crippen molar-refractivity contribution in [3.05, 3.63) is 46.2 Å². The number of rotatable bonds is 1. The van der Waals surface area contributed by atoms with Gasteiger partial charge in [-0.25, -0.2) is 0 Å². The third-order valence-electron chi connectivity index (χ3n) is 5.11. The standard InChI is InChI=1S/C17H17BrN2O/c1-20-16(21)14-12(10-17(20)8-5-9-17)19-15(18)13(14)11-6-3-2-4-7-11/h2-4,6-7,19H,5,8-10H2,1H3. The molecule has 4 rings (SSSR count).